The number of pyridine rings is 1. The van der Waals surface area contributed by atoms with E-state index in [1.54, 1.807) is 18.2 Å². The number of hydrogen-bond acceptors (Lipinski definition) is 2. The first-order valence-electron chi connectivity index (χ1n) is 9.23. The van der Waals surface area contributed by atoms with Crippen LogP contribution < -0.4 is 5.56 Å². The van der Waals surface area contributed by atoms with Crippen LogP contribution in [0.1, 0.15) is 0 Å². The Balaban J connectivity index is 1.85. The first-order valence-corrected chi connectivity index (χ1v) is 9.23. The summed E-state index contributed by atoms with van der Waals surface area (Å²) < 4.78 is 1.81. The third-order valence-electron chi connectivity index (χ3n) is 5.62. The van der Waals surface area contributed by atoms with Crippen LogP contribution in [0.3, 0.4) is 0 Å². The van der Waals surface area contributed by atoms with Crippen molar-refractivity contribution in [3.05, 3.63) is 95.3 Å². The molecule has 132 valence electrons. The number of fused-ring (bicyclic) bond motifs is 5. The summed E-state index contributed by atoms with van der Waals surface area (Å²) in [4.78, 5) is 13.3. The van der Waals surface area contributed by atoms with Gasteiger partial charge in [0.1, 0.15) is 5.75 Å². The van der Waals surface area contributed by atoms with Crippen LogP contribution in [0.4, 0.5) is 0 Å². The van der Waals surface area contributed by atoms with E-state index in [1.165, 1.54) is 0 Å². The fourth-order valence-corrected chi connectivity index (χ4v) is 4.37. The molecular formula is C25H15NO2. The predicted octanol–water partition coefficient (Wildman–Crippen LogP) is 5.57. The lowest BCUT2D eigenvalue weighted by Crippen LogP contribution is -2.12. The first kappa shape index (κ1) is 15.2. The lowest BCUT2D eigenvalue weighted by atomic mass is 10.0. The van der Waals surface area contributed by atoms with E-state index in [9.17, 15) is 9.90 Å². The van der Waals surface area contributed by atoms with E-state index in [4.69, 9.17) is 0 Å². The van der Waals surface area contributed by atoms with Crippen LogP contribution in [-0.2, 0) is 0 Å². The van der Waals surface area contributed by atoms with Gasteiger partial charge >= 0.3 is 0 Å². The number of phenolic OH excluding ortho intramolecular Hbond substituents is 1. The smallest absolute Gasteiger partial charge is 0.263 e. The molecule has 0 saturated heterocycles. The number of phenols is 1. The number of para-hydroxylation sites is 1. The standard InChI is InChI=1S/C25H15NO2/c27-17-10-11-20-21(14-17)18-7-4-8-19-22-13-16(15-5-2-1-3-6-15)9-12-23(22)26(24(18)19)25(20)28/h1-14,27H. The van der Waals surface area contributed by atoms with E-state index in [0.29, 0.717) is 5.39 Å². The Labute approximate surface area is 160 Å². The number of nitrogens with zero attached hydrogens (tertiary/aromatic N) is 1. The maximum absolute atomic E-state index is 13.3. The van der Waals surface area contributed by atoms with Gasteiger partial charge in [0, 0.05) is 26.9 Å². The van der Waals surface area contributed by atoms with Crippen LogP contribution >= 0.6 is 0 Å². The molecule has 0 amide bonds. The van der Waals surface area contributed by atoms with Gasteiger partial charge in [0.05, 0.1) is 11.0 Å². The summed E-state index contributed by atoms with van der Waals surface area (Å²) in [6.45, 7) is 0. The molecule has 0 atom stereocenters. The molecule has 3 heteroatoms. The van der Waals surface area contributed by atoms with Crippen molar-refractivity contribution in [1.29, 1.82) is 0 Å². The van der Waals surface area contributed by atoms with Crippen LogP contribution in [0.2, 0.25) is 0 Å². The zero-order chi connectivity index (χ0) is 18.8. The molecule has 6 rings (SSSR count). The van der Waals surface area contributed by atoms with E-state index in [1.807, 2.05) is 40.8 Å². The number of aromatic nitrogens is 1. The molecule has 0 unspecified atom stereocenters. The number of aromatic hydroxyl groups is 1. The molecule has 3 nitrogen and oxygen atoms in total. The Bertz CT molecular complexity index is 1580. The molecular weight excluding hydrogens is 346 g/mol. The minimum absolute atomic E-state index is 0.0545. The molecule has 4 aromatic carbocycles. The lowest BCUT2D eigenvalue weighted by Gasteiger charge is -2.06. The van der Waals surface area contributed by atoms with Crippen LogP contribution in [0.15, 0.2) is 89.7 Å². The van der Waals surface area contributed by atoms with Crippen molar-refractivity contribution in [3.63, 3.8) is 0 Å². The summed E-state index contributed by atoms with van der Waals surface area (Å²) in [5, 5.41) is 14.4. The topological polar surface area (TPSA) is 41.7 Å². The van der Waals surface area contributed by atoms with Crippen LogP contribution in [0, 0.1) is 0 Å². The average Bonchev–Trinajstić information content (AvgIpc) is 3.07. The third kappa shape index (κ3) is 1.90. The van der Waals surface area contributed by atoms with E-state index in [-0.39, 0.29) is 11.3 Å². The van der Waals surface area contributed by atoms with E-state index in [2.05, 4.69) is 30.3 Å². The predicted molar refractivity (Wildman–Crippen MR) is 114 cm³/mol. The molecule has 0 saturated carbocycles. The van der Waals surface area contributed by atoms with Crippen molar-refractivity contribution in [2.45, 2.75) is 0 Å². The van der Waals surface area contributed by atoms with Gasteiger partial charge in [-0.15, -0.1) is 0 Å². The van der Waals surface area contributed by atoms with Crippen LogP contribution in [0.5, 0.6) is 5.75 Å². The molecule has 0 aliphatic carbocycles. The zero-order valence-electron chi connectivity index (χ0n) is 14.9. The minimum atomic E-state index is -0.0545. The van der Waals surface area contributed by atoms with Gasteiger partial charge < -0.3 is 5.11 Å². The fraction of sp³-hybridized carbons (Fsp3) is 0. The highest BCUT2D eigenvalue weighted by Crippen LogP contribution is 2.36. The second kappa shape index (κ2) is 5.33. The van der Waals surface area contributed by atoms with Gasteiger partial charge in [-0.1, -0.05) is 54.6 Å². The molecule has 0 spiro atoms. The molecule has 0 bridgehead atoms. The van der Waals surface area contributed by atoms with Gasteiger partial charge in [0.2, 0.25) is 0 Å². The van der Waals surface area contributed by atoms with E-state index in [0.717, 1.165) is 43.7 Å². The summed E-state index contributed by atoms with van der Waals surface area (Å²) in [6.07, 6.45) is 0. The van der Waals surface area contributed by atoms with Crippen molar-refractivity contribution in [2.75, 3.05) is 0 Å². The summed E-state index contributed by atoms with van der Waals surface area (Å²) in [5.41, 5.74) is 4.04. The van der Waals surface area contributed by atoms with Gasteiger partial charge in [0.25, 0.3) is 5.56 Å². The molecule has 2 aromatic heterocycles. The second-order valence-corrected chi connectivity index (χ2v) is 7.17. The highest BCUT2D eigenvalue weighted by Gasteiger charge is 2.17. The van der Waals surface area contributed by atoms with E-state index >= 15 is 0 Å². The average molecular weight is 361 g/mol. The largest absolute Gasteiger partial charge is 0.508 e. The fourth-order valence-electron chi connectivity index (χ4n) is 4.37. The van der Waals surface area contributed by atoms with E-state index < -0.39 is 0 Å². The summed E-state index contributed by atoms with van der Waals surface area (Å²) in [7, 11) is 0. The van der Waals surface area contributed by atoms with Crippen molar-refractivity contribution in [1.82, 2.24) is 4.40 Å². The summed E-state index contributed by atoms with van der Waals surface area (Å²) in [5.74, 6) is 0.166. The van der Waals surface area contributed by atoms with Crippen molar-refractivity contribution < 1.29 is 5.11 Å². The number of hydrogen-bond donors (Lipinski definition) is 1. The monoisotopic (exact) mass is 361 g/mol. The molecule has 1 N–H and O–H groups in total. The second-order valence-electron chi connectivity index (χ2n) is 7.17. The first-order chi connectivity index (χ1) is 13.7. The molecule has 0 aliphatic heterocycles. The van der Waals surface area contributed by atoms with Crippen molar-refractivity contribution in [2.24, 2.45) is 0 Å². The highest BCUT2D eigenvalue weighted by atomic mass is 16.3. The van der Waals surface area contributed by atoms with Gasteiger partial charge in [-0.05, 0) is 41.5 Å². The molecule has 2 heterocycles. The third-order valence-corrected chi connectivity index (χ3v) is 5.62. The molecule has 28 heavy (non-hydrogen) atoms. The Hall–Kier alpha value is -3.85. The van der Waals surface area contributed by atoms with Gasteiger partial charge in [0.15, 0.2) is 0 Å². The van der Waals surface area contributed by atoms with Crippen molar-refractivity contribution in [3.8, 4) is 16.9 Å². The Morgan fingerprint density at radius 1 is 0.607 bits per heavy atom. The highest BCUT2D eigenvalue weighted by molar-refractivity contribution is 6.20. The van der Waals surface area contributed by atoms with Crippen LogP contribution in [0.25, 0.3) is 49.1 Å². The maximum atomic E-state index is 13.3. The Morgan fingerprint density at radius 3 is 2.21 bits per heavy atom. The van der Waals surface area contributed by atoms with Gasteiger partial charge in [-0.3, -0.25) is 9.20 Å². The Kier molecular flexibility index (Phi) is 2.90. The molecule has 0 fully saturated rings. The lowest BCUT2D eigenvalue weighted by molar-refractivity contribution is 0.476. The minimum Gasteiger partial charge on any atom is -0.508 e. The Morgan fingerprint density at radius 2 is 1.39 bits per heavy atom. The van der Waals surface area contributed by atoms with Crippen molar-refractivity contribution >= 4 is 38.0 Å². The zero-order valence-corrected chi connectivity index (χ0v) is 14.9. The normalized spacial score (nSPS) is 11.9. The van der Waals surface area contributed by atoms with Gasteiger partial charge in [-0.2, -0.15) is 0 Å². The molecule has 0 aliphatic rings. The SMILES string of the molecule is O=c1c2ccc(O)cc2c2cccc3c4cc(-c5ccccc5)ccc4n1c23. The quantitative estimate of drug-likeness (QED) is 0.389. The number of benzene rings is 4. The van der Waals surface area contributed by atoms with Gasteiger partial charge in [-0.25, -0.2) is 0 Å². The summed E-state index contributed by atoms with van der Waals surface area (Å²) >= 11 is 0. The summed E-state index contributed by atoms with van der Waals surface area (Å²) in [6, 6.07) is 27.6. The maximum Gasteiger partial charge on any atom is 0.263 e. The molecule has 0 radical (unpaired) electrons. The molecule has 6 aromatic rings. The van der Waals surface area contributed by atoms with Crippen LogP contribution in [-0.4, -0.2) is 9.51 Å². The number of rotatable bonds is 1.